The quantitative estimate of drug-likeness (QED) is 0.0320. The van der Waals surface area contributed by atoms with Gasteiger partial charge in [-0.2, -0.15) is 0 Å². The van der Waals surface area contributed by atoms with E-state index in [1.165, 1.54) is 411 Å². The van der Waals surface area contributed by atoms with E-state index in [4.69, 9.17) is 4.74 Å². The topological polar surface area (TPSA) is 95.9 Å². The molecule has 6 heteroatoms. The fraction of sp³-hybridized carbons (Fsp3) is 0.929. The van der Waals surface area contributed by atoms with Gasteiger partial charge in [-0.15, -0.1) is 0 Å². The zero-order chi connectivity index (χ0) is 64.9. The van der Waals surface area contributed by atoms with Crippen LogP contribution in [-0.2, 0) is 14.3 Å². The summed E-state index contributed by atoms with van der Waals surface area (Å²) in [6.07, 6.45) is 103. The van der Waals surface area contributed by atoms with E-state index in [1.54, 1.807) is 6.08 Å². The van der Waals surface area contributed by atoms with Crippen molar-refractivity contribution in [1.29, 1.82) is 0 Å². The van der Waals surface area contributed by atoms with Crippen molar-refractivity contribution in [3.63, 3.8) is 0 Å². The van der Waals surface area contributed by atoms with Crippen LogP contribution in [0.1, 0.15) is 476 Å². The van der Waals surface area contributed by atoms with Crippen LogP contribution >= 0.6 is 0 Å². The maximum absolute atomic E-state index is 12.5. The van der Waals surface area contributed by atoms with Crippen LogP contribution in [0.5, 0.6) is 0 Å². The number of nitrogens with one attached hydrogen (secondary N) is 1. The molecule has 0 aliphatic heterocycles. The molecule has 90 heavy (non-hydrogen) atoms. The lowest BCUT2D eigenvalue weighted by Gasteiger charge is -2.20. The molecule has 2 unspecified atom stereocenters. The predicted molar refractivity (Wildman–Crippen MR) is 398 cm³/mol. The molecule has 0 spiro atoms. The molecule has 0 aliphatic carbocycles. The Labute approximate surface area is 564 Å². The summed E-state index contributed by atoms with van der Waals surface area (Å²) in [7, 11) is 0. The zero-order valence-corrected chi connectivity index (χ0v) is 61.4. The summed E-state index contributed by atoms with van der Waals surface area (Å²) in [6.45, 7) is 4.95. The van der Waals surface area contributed by atoms with Crippen LogP contribution < -0.4 is 5.32 Å². The average molecular weight is 1270 g/mol. The van der Waals surface area contributed by atoms with Crippen molar-refractivity contribution in [2.45, 2.75) is 488 Å². The minimum absolute atomic E-state index is 0.0220. The summed E-state index contributed by atoms with van der Waals surface area (Å²) in [5.74, 6) is -0.0362. The van der Waals surface area contributed by atoms with Gasteiger partial charge >= 0.3 is 5.97 Å². The van der Waals surface area contributed by atoms with Gasteiger partial charge in [0.1, 0.15) is 0 Å². The monoisotopic (exact) mass is 1270 g/mol. The van der Waals surface area contributed by atoms with Gasteiger partial charge < -0.3 is 20.3 Å². The fourth-order valence-corrected chi connectivity index (χ4v) is 13.4. The summed E-state index contributed by atoms with van der Waals surface area (Å²) < 4.78 is 5.52. The highest BCUT2D eigenvalue weighted by Crippen LogP contribution is 2.20. The number of carbonyl (C=O) groups excluding carboxylic acids is 2. The summed E-state index contributed by atoms with van der Waals surface area (Å²) in [6, 6.07) is -0.623. The van der Waals surface area contributed by atoms with Crippen LogP contribution in [0.15, 0.2) is 24.3 Å². The highest BCUT2D eigenvalue weighted by molar-refractivity contribution is 5.76. The van der Waals surface area contributed by atoms with E-state index in [1.807, 2.05) is 6.08 Å². The molecular weight excluding hydrogens is 1100 g/mol. The number of rotatable bonds is 79. The molecule has 2 atom stereocenters. The number of amides is 1. The van der Waals surface area contributed by atoms with Crippen LogP contribution in [0.3, 0.4) is 0 Å². The third kappa shape index (κ3) is 75.4. The Kier molecular flexibility index (Phi) is 78.3. The van der Waals surface area contributed by atoms with Gasteiger partial charge in [0, 0.05) is 12.8 Å². The Hall–Kier alpha value is -1.66. The standard InChI is InChI=1S/C84H163NO5/c1-3-5-7-9-11-13-15-17-19-21-46-50-54-58-62-66-70-74-78-84(89)90-79-75-71-67-63-59-55-51-47-44-42-40-38-36-34-32-30-28-26-24-22-23-25-27-29-31-33-35-37-39-41-43-45-49-53-57-61-65-69-73-77-83(88)85-81(80-86)82(87)76-72-68-64-60-56-52-48-20-18-16-14-12-10-8-6-4-2/h19,21,72,76,81-82,86-87H,3-18,20,22-71,73-75,77-80H2,1-2H3,(H,85,88)/b21-19-,76-72+. The molecule has 0 saturated heterocycles. The lowest BCUT2D eigenvalue weighted by molar-refractivity contribution is -0.143. The molecule has 0 saturated carbocycles. The third-order valence-electron chi connectivity index (χ3n) is 19.7. The van der Waals surface area contributed by atoms with Crippen LogP contribution in [0.2, 0.25) is 0 Å². The second kappa shape index (κ2) is 79.8. The van der Waals surface area contributed by atoms with Crippen LogP contribution in [0.4, 0.5) is 0 Å². The van der Waals surface area contributed by atoms with E-state index in [0.717, 1.165) is 38.5 Å². The number of allylic oxidation sites excluding steroid dienone is 3. The van der Waals surface area contributed by atoms with E-state index >= 15 is 0 Å². The molecule has 3 N–H and O–H groups in total. The first kappa shape index (κ1) is 88.3. The molecule has 0 bridgehead atoms. The van der Waals surface area contributed by atoms with E-state index in [0.29, 0.717) is 19.4 Å². The Morgan fingerprint density at radius 3 is 0.789 bits per heavy atom. The molecule has 0 aromatic heterocycles. The van der Waals surface area contributed by atoms with Gasteiger partial charge in [-0.3, -0.25) is 9.59 Å². The number of aliphatic hydroxyl groups excluding tert-OH is 2. The van der Waals surface area contributed by atoms with E-state index in [9.17, 15) is 19.8 Å². The number of hydrogen-bond donors (Lipinski definition) is 3. The normalized spacial score (nSPS) is 12.5. The largest absolute Gasteiger partial charge is 0.466 e. The smallest absolute Gasteiger partial charge is 0.305 e. The molecule has 1 amide bonds. The van der Waals surface area contributed by atoms with Crippen LogP contribution in [-0.4, -0.2) is 47.4 Å². The highest BCUT2D eigenvalue weighted by atomic mass is 16.5. The van der Waals surface area contributed by atoms with E-state index in [-0.39, 0.29) is 18.5 Å². The molecular formula is C84H163NO5. The molecule has 0 aromatic rings. The van der Waals surface area contributed by atoms with Gasteiger partial charge in [0.15, 0.2) is 0 Å². The Morgan fingerprint density at radius 1 is 0.300 bits per heavy atom. The number of ether oxygens (including phenoxy) is 1. The highest BCUT2D eigenvalue weighted by Gasteiger charge is 2.18. The van der Waals surface area contributed by atoms with Gasteiger partial charge in [-0.1, -0.05) is 430 Å². The second-order valence-corrected chi connectivity index (χ2v) is 28.8. The molecule has 0 rings (SSSR count). The predicted octanol–water partition coefficient (Wildman–Crippen LogP) is 27.6. The van der Waals surface area contributed by atoms with Crippen molar-refractivity contribution in [2.24, 2.45) is 0 Å². The first-order valence-electron chi connectivity index (χ1n) is 41.6. The van der Waals surface area contributed by atoms with Gasteiger partial charge in [-0.05, 0) is 57.8 Å². The minimum atomic E-state index is -0.840. The molecule has 0 heterocycles. The Morgan fingerprint density at radius 2 is 0.522 bits per heavy atom. The summed E-state index contributed by atoms with van der Waals surface area (Å²) >= 11 is 0. The lowest BCUT2D eigenvalue weighted by Crippen LogP contribution is -2.45. The first-order valence-corrected chi connectivity index (χ1v) is 41.6. The fourth-order valence-electron chi connectivity index (χ4n) is 13.4. The van der Waals surface area contributed by atoms with Crippen LogP contribution in [0, 0.1) is 0 Å². The van der Waals surface area contributed by atoms with Gasteiger partial charge in [0.05, 0.1) is 25.4 Å². The van der Waals surface area contributed by atoms with Crippen molar-refractivity contribution < 1.29 is 24.5 Å². The number of aliphatic hydroxyl groups is 2. The number of unbranched alkanes of at least 4 members (excludes halogenated alkanes) is 66. The molecule has 0 aliphatic rings. The van der Waals surface area contributed by atoms with Crippen molar-refractivity contribution in [1.82, 2.24) is 5.32 Å². The molecule has 0 aromatic carbocycles. The molecule has 534 valence electrons. The maximum Gasteiger partial charge on any atom is 0.305 e. The SMILES string of the molecule is CCCCCCCCC/C=C\CCCCCCCCCC(=O)OCCCCCCCCCCCCCCCCCCCCCCCCCCCCCCCCCCCCCCCCCC(=O)NC(CO)C(O)/C=C/CCCCCCCCCCCCCCCC. The Balaban J connectivity index is 3.29. The average Bonchev–Trinajstić information content (AvgIpc) is 3.72. The van der Waals surface area contributed by atoms with Gasteiger partial charge in [0.2, 0.25) is 5.91 Å². The molecule has 0 fully saturated rings. The number of esters is 1. The summed E-state index contributed by atoms with van der Waals surface area (Å²) in [4.78, 5) is 24.6. The minimum Gasteiger partial charge on any atom is -0.466 e. The molecule has 6 nitrogen and oxygen atoms in total. The third-order valence-corrected chi connectivity index (χ3v) is 19.7. The summed E-state index contributed by atoms with van der Waals surface area (Å²) in [5, 5.41) is 23.2. The van der Waals surface area contributed by atoms with Crippen LogP contribution in [0.25, 0.3) is 0 Å². The van der Waals surface area contributed by atoms with Gasteiger partial charge in [-0.25, -0.2) is 0 Å². The second-order valence-electron chi connectivity index (χ2n) is 28.8. The van der Waals surface area contributed by atoms with E-state index in [2.05, 4.69) is 31.3 Å². The maximum atomic E-state index is 12.5. The number of carbonyl (C=O) groups is 2. The van der Waals surface area contributed by atoms with E-state index < -0.39 is 12.1 Å². The van der Waals surface area contributed by atoms with Crippen molar-refractivity contribution >= 4 is 11.9 Å². The van der Waals surface area contributed by atoms with Crippen molar-refractivity contribution in [3.8, 4) is 0 Å². The lowest BCUT2D eigenvalue weighted by atomic mass is 10.0. The Bertz CT molecular complexity index is 1410. The first-order chi connectivity index (χ1) is 44.5. The number of hydrogen-bond acceptors (Lipinski definition) is 5. The molecule has 0 radical (unpaired) electrons. The summed E-state index contributed by atoms with van der Waals surface area (Å²) in [5.41, 5.74) is 0. The van der Waals surface area contributed by atoms with Crippen molar-refractivity contribution in [2.75, 3.05) is 13.2 Å². The van der Waals surface area contributed by atoms with Gasteiger partial charge in [0.25, 0.3) is 0 Å². The zero-order valence-electron chi connectivity index (χ0n) is 61.4. The van der Waals surface area contributed by atoms with Crippen molar-refractivity contribution in [3.05, 3.63) is 24.3 Å².